The summed E-state index contributed by atoms with van der Waals surface area (Å²) in [7, 11) is 1.56. The van der Waals surface area contributed by atoms with Crippen LogP contribution in [-0.2, 0) is 0 Å². The Morgan fingerprint density at radius 3 is 2.53 bits per heavy atom. The van der Waals surface area contributed by atoms with Crippen molar-refractivity contribution in [3.05, 3.63) is 77.4 Å². The molecule has 0 aliphatic rings. The number of aromatic nitrogens is 2. The van der Waals surface area contributed by atoms with E-state index in [0.29, 0.717) is 16.7 Å². The quantitative estimate of drug-likeness (QED) is 0.279. The van der Waals surface area contributed by atoms with Crippen LogP contribution in [0.3, 0.4) is 0 Å². The molecule has 0 radical (unpaired) electrons. The predicted octanol–water partition coefficient (Wildman–Crippen LogP) is 5.05. The van der Waals surface area contributed by atoms with Crippen LogP contribution in [-0.4, -0.2) is 23.2 Å². The van der Waals surface area contributed by atoms with Crippen molar-refractivity contribution < 1.29 is 27.1 Å². The third kappa shape index (κ3) is 3.24. The van der Waals surface area contributed by atoms with Gasteiger partial charge in [-0.3, -0.25) is 9.89 Å². The monoisotopic (exact) mass is 415 g/mol. The summed E-state index contributed by atoms with van der Waals surface area (Å²) in [6.07, 6.45) is 0. The molecule has 0 fully saturated rings. The minimum Gasteiger partial charge on any atom is -0.496 e. The van der Waals surface area contributed by atoms with Crippen molar-refractivity contribution in [2.75, 3.05) is 12.4 Å². The number of halogens is 4. The van der Waals surface area contributed by atoms with Crippen LogP contribution in [0.15, 0.2) is 48.5 Å². The molecule has 0 saturated heterocycles. The number of hydrogen-bond acceptors (Lipinski definition) is 3. The second kappa shape index (κ2) is 7.51. The minimum absolute atomic E-state index is 0.0196. The lowest BCUT2D eigenvalue weighted by Gasteiger charge is -2.08. The van der Waals surface area contributed by atoms with Gasteiger partial charge in [0.05, 0.1) is 18.2 Å². The highest BCUT2D eigenvalue weighted by atomic mass is 19.2. The van der Waals surface area contributed by atoms with E-state index in [-0.39, 0.29) is 11.9 Å². The van der Waals surface area contributed by atoms with Gasteiger partial charge in [-0.05, 0) is 29.8 Å². The van der Waals surface area contributed by atoms with Gasteiger partial charge in [0.15, 0.2) is 29.1 Å². The molecule has 0 saturated carbocycles. The van der Waals surface area contributed by atoms with Crippen molar-refractivity contribution in [3.63, 3.8) is 0 Å². The highest BCUT2D eigenvalue weighted by Crippen LogP contribution is 2.33. The fraction of sp³-hybridized carbons (Fsp3) is 0.0476. The first kappa shape index (κ1) is 19.4. The maximum atomic E-state index is 13.9. The minimum atomic E-state index is -2.06. The van der Waals surface area contributed by atoms with E-state index < -0.39 is 34.7 Å². The fourth-order valence-electron chi connectivity index (χ4n) is 3.08. The lowest BCUT2D eigenvalue weighted by atomic mass is 10.0. The summed E-state index contributed by atoms with van der Waals surface area (Å²) in [4.78, 5) is 12.3. The van der Waals surface area contributed by atoms with E-state index >= 15 is 0 Å². The van der Waals surface area contributed by atoms with E-state index in [9.17, 15) is 22.4 Å². The van der Waals surface area contributed by atoms with Gasteiger partial charge in [-0.1, -0.05) is 24.3 Å². The Morgan fingerprint density at radius 2 is 1.77 bits per heavy atom. The number of hydrogen-bond donors (Lipinski definition) is 2. The fourth-order valence-corrected chi connectivity index (χ4v) is 3.08. The maximum Gasteiger partial charge on any atom is 0.260 e. The number of carbonyl (C=O) groups is 1. The number of anilines is 1. The molecule has 1 heterocycles. The molecule has 0 aliphatic heterocycles. The molecular formula is C21H13F4N3O2. The molecule has 4 rings (SSSR count). The maximum absolute atomic E-state index is 13.9. The van der Waals surface area contributed by atoms with E-state index in [0.717, 1.165) is 11.1 Å². The molecule has 3 aromatic carbocycles. The van der Waals surface area contributed by atoms with Gasteiger partial charge in [-0.15, -0.1) is 0 Å². The molecule has 0 atom stereocenters. The van der Waals surface area contributed by atoms with Gasteiger partial charge in [0.25, 0.3) is 5.91 Å². The number of ether oxygens (including phenoxy) is 1. The third-order valence-electron chi connectivity index (χ3n) is 4.56. The molecule has 0 bridgehead atoms. The number of fused-ring (bicyclic) bond motifs is 1. The van der Waals surface area contributed by atoms with Crippen LogP contribution in [0.4, 0.5) is 23.4 Å². The Balaban J connectivity index is 1.68. The molecule has 4 aromatic rings. The van der Waals surface area contributed by atoms with Gasteiger partial charge in [-0.2, -0.15) is 5.10 Å². The van der Waals surface area contributed by atoms with Gasteiger partial charge in [-0.25, -0.2) is 17.6 Å². The van der Waals surface area contributed by atoms with Crippen molar-refractivity contribution in [2.24, 2.45) is 0 Å². The first-order valence-electron chi connectivity index (χ1n) is 8.66. The summed E-state index contributed by atoms with van der Waals surface area (Å²) >= 11 is 0. The third-order valence-corrected chi connectivity index (χ3v) is 4.56. The number of aromatic amines is 1. The summed E-state index contributed by atoms with van der Waals surface area (Å²) in [6, 6.07) is 12.9. The smallest absolute Gasteiger partial charge is 0.260 e. The van der Waals surface area contributed by atoms with Crippen molar-refractivity contribution >= 4 is 22.6 Å². The van der Waals surface area contributed by atoms with Crippen molar-refractivity contribution in [2.45, 2.75) is 0 Å². The number of amides is 1. The zero-order valence-corrected chi connectivity index (χ0v) is 15.4. The SMILES string of the molecule is COc1ccccc1-c1ccc2c(NC(=O)c3cc(F)c(F)c(F)c3F)n[nH]c2c1. The van der Waals surface area contributed by atoms with Gasteiger partial charge in [0.2, 0.25) is 0 Å². The van der Waals surface area contributed by atoms with Gasteiger partial charge < -0.3 is 10.1 Å². The van der Waals surface area contributed by atoms with Crippen LogP contribution in [0.5, 0.6) is 5.75 Å². The molecule has 0 unspecified atom stereocenters. The van der Waals surface area contributed by atoms with Crippen LogP contribution in [0.2, 0.25) is 0 Å². The summed E-state index contributed by atoms with van der Waals surface area (Å²) in [6.45, 7) is 0. The first-order valence-corrected chi connectivity index (χ1v) is 8.66. The van der Waals surface area contributed by atoms with Gasteiger partial charge in [0, 0.05) is 10.9 Å². The number of H-pyrrole nitrogens is 1. The average molecular weight is 415 g/mol. The number of nitrogens with one attached hydrogen (secondary N) is 2. The van der Waals surface area contributed by atoms with Gasteiger partial charge in [0.1, 0.15) is 5.75 Å². The molecule has 2 N–H and O–H groups in total. The topological polar surface area (TPSA) is 67.0 Å². The highest BCUT2D eigenvalue weighted by molar-refractivity contribution is 6.08. The zero-order chi connectivity index (χ0) is 21.4. The Labute approximate surface area is 167 Å². The van der Waals surface area contributed by atoms with Gasteiger partial charge >= 0.3 is 0 Å². The summed E-state index contributed by atoms with van der Waals surface area (Å²) in [5.74, 6) is -8.00. The van der Waals surface area contributed by atoms with Crippen LogP contribution >= 0.6 is 0 Å². The highest BCUT2D eigenvalue weighted by Gasteiger charge is 2.24. The first-order chi connectivity index (χ1) is 14.4. The Hall–Kier alpha value is -3.88. The number of carbonyl (C=O) groups excluding carboxylic acids is 1. The molecule has 30 heavy (non-hydrogen) atoms. The van der Waals surface area contributed by atoms with Crippen molar-refractivity contribution in [1.82, 2.24) is 10.2 Å². The molecule has 1 aromatic heterocycles. The molecule has 0 spiro atoms. The number of benzene rings is 3. The van der Waals surface area contributed by atoms with Crippen LogP contribution in [0.25, 0.3) is 22.0 Å². The molecule has 0 aliphatic carbocycles. The molecule has 152 valence electrons. The summed E-state index contributed by atoms with van der Waals surface area (Å²) in [5.41, 5.74) is 1.22. The predicted molar refractivity (Wildman–Crippen MR) is 102 cm³/mol. The summed E-state index contributed by atoms with van der Waals surface area (Å²) in [5, 5.41) is 9.44. The lowest BCUT2D eigenvalue weighted by Crippen LogP contribution is -2.16. The van der Waals surface area contributed by atoms with Crippen LogP contribution in [0, 0.1) is 23.3 Å². The van der Waals surface area contributed by atoms with E-state index in [2.05, 4.69) is 15.5 Å². The Morgan fingerprint density at radius 1 is 1.00 bits per heavy atom. The number of rotatable bonds is 4. The second-order valence-corrected chi connectivity index (χ2v) is 6.33. The Kier molecular flexibility index (Phi) is 4.86. The van der Waals surface area contributed by atoms with Crippen molar-refractivity contribution in [3.8, 4) is 16.9 Å². The zero-order valence-electron chi connectivity index (χ0n) is 15.4. The summed E-state index contributed by atoms with van der Waals surface area (Å²) < 4.78 is 59.1. The van der Waals surface area contributed by atoms with Crippen LogP contribution in [0.1, 0.15) is 10.4 Å². The number of methoxy groups -OCH3 is 1. The van der Waals surface area contributed by atoms with E-state index in [1.54, 1.807) is 25.3 Å². The van der Waals surface area contributed by atoms with Crippen LogP contribution < -0.4 is 10.1 Å². The van der Waals surface area contributed by atoms with E-state index in [1.165, 1.54) is 0 Å². The molecule has 9 heteroatoms. The average Bonchev–Trinajstić information content (AvgIpc) is 3.16. The van der Waals surface area contributed by atoms with Crippen molar-refractivity contribution in [1.29, 1.82) is 0 Å². The van der Waals surface area contributed by atoms with E-state index in [4.69, 9.17) is 4.74 Å². The number of para-hydroxylation sites is 1. The largest absolute Gasteiger partial charge is 0.496 e. The molecule has 1 amide bonds. The number of nitrogens with zero attached hydrogens (tertiary/aromatic N) is 1. The normalized spacial score (nSPS) is 11.0. The molecule has 5 nitrogen and oxygen atoms in total. The standard InChI is InChI=1S/C21H13F4N3O2/c1-30-16-5-3-2-4-11(16)10-6-7-12-15(8-10)27-28-20(12)26-21(29)13-9-14(22)18(24)19(25)17(13)23/h2-9H,1H3,(H2,26,27,28,29). The Bertz CT molecular complexity index is 1290. The second-order valence-electron chi connectivity index (χ2n) is 6.33. The molecular weight excluding hydrogens is 402 g/mol. The lowest BCUT2D eigenvalue weighted by molar-refractivity contribution is 0.102. The van der Waals surface area contributed by atoms with E-state index in [1.807, 2.05) is 24.3 Å².